The second-order valence-electron chi connectivity index (χ2n) is 5.89. The van der Waals surface area contributed by atoms with Gasteiger partial charge in [-0.15, -0.1) is 0 Å². The van der Waals surface area contributed by atoms with Gasteiger partial charge in [0.25, 0.3) is 0 Å². The van der Waals surface area contributed by atoms with E-state index < -0.39 is 17.5 Å². The van der Waals surface area contributed by atoms with Crippen LogP contribution in [0.5, 0.6) is 5.75 Å². The number of carbonyl (C=O) groups excluding carboxylic acids is 1. The van der Waals surface area contributed by atoms with Crippen LogP contribution in [-0.2, 0) is 11.2 Å². The van der Waals surface area contributed by atoms with Crippen LogP contribution in [-0.4, -0.2) is 23.0 Å². The molecule has 0 saturated heterocycles. The molecule has 0 saturated carbocycles. The second-order valence-corrected chi connectivity index (χ2v) is 5.89. The third kappa shape index (κ3) is 4.44. The van der Waals surface area contributed by atoms with Crippen molar-refractivity contribution in [3.8, 4) is 17.0 Å². The van der Waals surface area contributed by atoms with Gasteiger partial charge in [-0.05, 0) is 48.9 Å². The van der Waals surface area contributed by atoms with Gasteiger partial charge in [-0.25, -0.2) is 18.7 Å². The van der Waals surface area contributed by atoms with Gasteiger partial charge in [0.05, 0.1) is 31.1 Å². The number of aromatic nitrogens is 2. The van der Waals surface area contributed by atoms with Gasteiger partial charge in [-0.1, -0.05) is 6.07 Å². The minimum absolute atomic E-state index is 0.0987. The van der Waals surface area contributed by atoms with Crippen molar-refractivity contribution in [2.75, 3.05) is 12.4 Å². The first-order valence-corrected chi connectivity index (χ1v) is 8.18. The van der Waals surface area contributed by atoms with E-state index in [1.807, 2.05) is 24.3 Å². The number of carbonyl (C=O) groups is 1. The van der Waals surface area contributed by atoms with E-state index in [-0.39, 0.29) is 6.42 Å². The number of aryl methyl sites for hydroxylation is 1. The molecule has 0 bridgehead atoms. The Morgan fingerprint density at radius 1 is 1.11 bits per heavy atom. The minimum atomic E-state index is -0.986. The maximum absolute atomic E-state index is 13.2. The largest absolute Gasteiger partial charge is 0.497 e. The van der Waals surface area contributed by atoms with Crippen molar-refractivity contribution in [2.45, 2.75) is 13.3 Å². The summed E-state index contributed by atoms with van der Waals surface area (Å²) in [6.45, 7) is 1.73. The van der Waals surface area contributed by atoms with Gasteiger partial charge in [0, 0.05) is 5.56 Å². The molecule has 138 valence electrons. The summed E-state index contributed by atoms with van der Waals surface area (Å²) < 4.78 is 31.3. The molecule has 0 radical (unpaired) electrons. The molecule has 0 atom stereocenters. The Morgan fingerprint density at radius 2 is 1.85 bits per heavy atom. The van der Waals surface area contributed by atoms with Gasteiger partial charge in [0.15, 0.2) is 17.5 Å². The maximum Gasteiger partial charge on any atom is 0.229 e. The summed E-state index contributed by atoms with van der Waals surface area (Å²) in [6, 6.07) is 10.7. The first kappa shape index (κ1) is 18.4. The van der Waals surface area contributed by atoms with E-state index in [9.17, 15) is 13.6 Å². The molecule has 1 heterocycles. The van der Waals surface area contributed by atoms with Gasteiger partial charge < -0.3 is 10.1 Å². The third-order valence-electron chi connectivity index (χ3n) is 3.94. The average Bonchev–Trinajstić information content (AvgIpc) is 2.66. The van der Waals surface area contributed by atoms with E-state index in [0.717, 1.165) is 23.4 Å². The Morgan fingerprint density at radius 3 is 2.48 bits per heavy atom. The number of hydrogen-bond acceptors (Lipinski definition) is 4. The molecule has 27 heavy (non-hydrogen) atoms. The number of benzene rings is 2. The quantitative estimate of drug-likeness (QED) is 0.740. The monoisotopic (exact) mass is 369 g/mol. The van der Waals surface area contributed by atoms with Gasteiger partial charge in [0.1, 0.15) is 5.75 Å². The van der Waals surface area contributed by atoms with E-state index in [1.165, 1.54) is 6.07 Å². The molecule has 2 aromatic carbocycles. The zero-order valence-corrected chi connectivity index (χ0v) is 14.8. The van der Waals surface area contributed by atoms with Crippen LogP contribution in [0.2, 0.25) is 0 Å². The highest BCUT2D eigenvalue weighted by Crippen LogP contribution is 2.22. The predicted octanol–water partition coefficient (Wildman–Crippen LogP) is 3.92. The Labute approximate surface area is 155 Å². The fourth-order valence-electron chi connectivity index (χ4n) is 2.52. The number of nitrogens with one attached hydrogen (secondary N) is 1. The van der Waals surface area contributed by atoms with Crippen LogP contribution in [0.25, 0.3) is 11.3 Å². The Balaban J connectivity index is 1.71. The zero-order valence-electron chi connectivity index (χ0n) is 14.8. The number of nitrogens with zero attached hydrogens (tertiary/aromatic N) is 2. The first-order valence-electron chi connectivity index (χ1n) is 8.18. The molecule has 5 nitrogen and oxygen atoms in total. The van der Waals surface area contributed by atoms with E-state index >= 15 is 0 Å². The fourth-order valence-corrected chi connectivity index (χ4v) is 2.52. The third-order valence-corrected chi connectivity index (χ3v) is 3.94. The van der Waals surface area contributed by atoms with Gasteiger partial charge in [-0.3, -0.25) is 4.79 Å². The van der Waals surface area contributed by atoms with Crippen molar-refractivity contribution in [1.82, 2.24) is 9.97 Å². The molecule has 1 N–H and O–H groups in total. The lowest BCUT2D eigenvalue weighted by Crippen LogP contribution is -2.17. The highest BCUT2D eigenvalue weighted by molar-refractivity contribution is 5.91. The van der Waals surface area contributed by atoms with E-state index in [4.69, 9.17) is 4.74 Å². The highest BCUT2D eigenvalue weighted by atomic mass is 19.2. The molecule has 1 amide bonds. The lowest BCUT2D eigenvalue weighted by molar-refractivity contribution is -0.115. The molecule has 3 aromatic rings. The summed E-state index contributed by atoms with van der Waals surface area (Å²) in [4.78, 5) is 20.9. The van der Waals surface area contributed by atoms with Crippen molar-refractivity contribution in [1.29, 1.82) is 0 Å². The summed E-state index contributed by atoms with van der Waals surface area (Å²) in [5, 5.41) is 2.64. The lowest BCUT2D eigenvalue weighted by Gasteiger charge is -2.09. The molecule has 3 rings (SSSR count). The molecular weight excluding hydrogens is 352 g/mol. The number of halogens is 2. The summed E-state index contributed by atoms with van der Waals surface area (Å²) in [5.74, 6) is -1.27. The molecule has 0 aliphatic heterocycles. The number of ether oxygens (including phenoxy) is 1. The van der Waals surface area contributed by atoms with Gasteiger partial charge in [0.2, 0.25) is 5.91 Å². The molecule has 1 aromatic heterocycles. The van der Waals surface area contributed by atoms with Crippen molar-refractivity contribution in [2.24, 2.45) is 0 Å². The Kier molecular flexibility index (Phi) is 5.40. The Hall–Kier alpha value is -3.35. The SMILES string of the molecule is COc1ccc(-c2cnc(NC(=O)Cc3ccc(F)c(F)c3)c(C)n2)cc1. The van der Waals surface area contributed by atoms with Crippen LogP contribution >= 0.6 is 0 Å². The van der Waals surface area contributed by atoms with E-state index in [1.54, 1.807) is 20.2 Å². The standard InChI is InChI=1S/C20H17F2N3O2/c1-12-20(25-19(26)10-13-3-8-16(21)17(22)9-13)23-11-18(24-12)14-4-6-15(27-2)7-5-14/h3-9,11H,10H2,1-2H3,(H,23,25,26). The van der Waals surface area contributed by atoms with Crippen LogP contribution in [0.4, 0.5) is 14.6 Å². The van der Waals surface area contributed by atoms with Crippen LogP contribution in [0.3, 0.4) is 0 Å². The number of rotatable bonds is 5. The summed E-state index contributed by atoms with van der Waals surface area (Å²) in [6.07, 6.45) is 1.46. The highest BCUT2D eigenvalue weighted by Gasteiger charge is 2.11. The number of anilines is 1. The van der Waals surface area contributed by atoms with Crippen LogP contribution in [0.1, 0.15) is 11.3 Å². The van der Waals surface area contributed by atoms with Crippen molar-refractivity contribution < 1.29 is 18.3 Å². The summed E-state index contributed by atoms with van der Waals surface area (Å²) in [7, 11) is 1.59. The van der Waals surface area contributed by atoms with Crippen LogP contribution in [0.15, 0.2) is 48.7 Å². The fraction of sp³-hybridized carbons (Fsp3) is 0.150. The van der Waals surface area contributed by atoms with Crippen LogP contribution in [0, 0.1) is 18.6 Å². The Bertz CT molecular complexity index is 975. The van der Waals surface area contributed by atoms with Gasteiger partial charge in [-0.2, -0.15) is 0 Å². The lowest BCUT2D eigenvalue weighted by atomic mass is 10.1. The van der Waals surface area contributed by atoms with Crippen molar-refractivity contribution >= 4 is 11.7 Å². The average molecular weight is 369 g/mol. The molecule has 0 aliphatic rings. The molecular formula is C20H17F2N3O2. The molecule has 0 fully saturated rings. The normalized spacial score (nSPS) is 10.5. The smallest absolute Gasteiger partial charge is 0.229 e. The zero-order chi connectivity index (χ0) is 19.4. The minimum Gasteiger partial charge on any atom is -0.497 e. The topological polar surface area (TPSA) is 64.1 Å². The van der Waals surface area contributed by atoms with Gasteiger partial charge >= 0.3 is 0 Å². The summed E-state index contributed by atoms with van der Waals surface area (Å²) >= 11 is 0. The first-order chi connectivity index (χ1) is 13.0. The predicted molar refractivity (Wildman–Crippen MR) is 97.4 cm³/mol. The number of hydrogen-bond donors (Lipinski definition) is 1. The maximum atomic E-state index is 13.2. The molecule has 0 unspecified atom stereocenters. The summed E-state index contributed by atoms with van der Waals surface area (Å²) in [5.41, 5.74) is 2.44. The molecule has 7 heteroatoms. The molecule has 0 spiro atoms. The van der Waals surface area contributed by atoms with Crippen molar-refractivity contribution in [3.05, 3.63) is 71.6 Å². The second kappa shape index (κ2) is 7.90. The number of amides is 1. The van der Waals surface area contributed by atoms with E-state index in [2.05, 4.69) is 15.3 Å². The van der Waals surface area contributed by atoms with Crippen LogP contribution < -0.4 is 10.1 Å². The van der Waals surface area contributed by atoms with Crippen molar-refractivity contribution in [3.63, 3.8) is 0 Å². The van der Waals surface area contributed by atoms with E-state index in [0.29, 0.717) is 22.8 Å². The number of methoxy groups -OCH3 is 1. The molecule has 0 aliphatic carbocycles.